The van der Waals surface area contributed by atoms with E-state index in [0.717, 1.165) is 0 Å². The van der Waals surface area contributed by atoms with Crippen molar-refractivity contribution in [1.82, 2.24) is 14.9 Å². The van der Waals surface area contributed by atoms with Crippen molar-refractivity contribution in [3.63, 3.8) is 0 Å². The summed E-state index contributed by atoms with van der Waals surface area (Å²) in [7, 11) is 0. The van der Waals surface area contributed by atoms with Gasteiger partial charge in [0, 0.05) is 11.2 Å². The fraction of sp³-hybridized carbons (Fsp3) is 0.348. The second-order valence-electron chi connectivity index (χ2n) is 8.53. The highest BCUT2D eigenvalue weighted by Crippen LogP contribution is 2.24. The first-order valence-electron chi connectivity index (χ1n) is 10.3. The molecule has 1 aromatic heterocycles. The molecule has 0 aliphatic rings. The van der Waals surface area contributed by atoms with Crippen LogP contribution in [-0.2, 0) is 13.0 Å². The number of hydrogen-bond acceptors (Lipinski definition) is 4. The predicted octanol–water partition coefficient (Wildman–Crippen LogP) is 4.83. The summed E-state index contributed by atoms with van der Waals surface area (Å²) in [5.74, 6) is -0.363. The molecule has 0 atom stereocenters. The van der Waals surface area contributed by atoms with Crippen molar-refractivity contribution in [3.05, 3.63) is 64.1 Å². The minimum atomic E-state index is -4.81. The molecule has 0 aliphatic carbocycles. The lowest BCUT2D eigenvalue weighted by Gasteiger charge is -2.21. The Bertz CT molecular complexity index is 1230. The first-order chi connectivity index (χ1) is 15.3. The number of carbonyl (C=O) groups excluding carboxylic acids is 1. The van der Waals surface area contributed by atoms with Crippen LogP contribution in [0.5, 0.6) is 5.75 Å². The lowest BCUT2D eigenvalue weighted by Crippen LogP contribution is -2.43. The van der Waals surface area contributed by atoms with E-state index in [4.69, 9.17) is 0 Å². The summed E-state index contributed by atoms with van der Waals surface area (Å²) in [4.78, 5) is 29.6. The molecule has 176 valence electrons. The molecular formula is C23H25F3N4O3. The number of alkyl halides is 3. The fourth-order valence-corrected chi connectivity index (χ4v) is 3.29. The third-order valence-electron chi connectivity index (χ3n) is 4.57. The first kappa shape index (κ1) is 24.1. The molecule has 3 rings (SSSR count). The van der Waals surface area contributed by atoms with Gasteiger partial charge in [-0.15, -0.1) is 13.2 Å². The third-order valence-corrected chi connectivity index (χ3v) is 4.57. The highest BCUT2D eigenvalue weighted by molar-refractivity contribution is 5.92. The van der Waals surface area contributed by atoms with Crippen molar-refractivity contribution in [2.24, 2.45) is 0 Å². The zero-order valence-electron chi connectivity index (χ0n) is 18.7. The van der Waals surface area contributed by atoms with E-state index < -0.39 is 11.9 Å². The number of ether oxygens (including phenoxy) is 1. The van der Waals surface area contributed by atoms with Crippen LogP contribution in [0.1, 0.15) is 39.0 Å². The molecule has 2 N–H and O–H groups in total. The number of aryl methyl sites for hydroxylation is 1. The number of nitrogens with one attached hydrogen (secondary N) is 2. The monoisotopic (exact) mass is 462 g/mol. The van der Waals surface area contributed by atoms with E-state index in [-0.39, 0.29) is 23.9 Å². The number of halogens is 3. The number of hydrogen-bond donors (Lipinski definition) is 2. The molecule has 0 aliphatic heterocycles. The normalized spacial score (nSPS) is 12.0. The van der Waals surface area contributed by atoms with Gasteiger partial charge < -0.3 is 19.9 Å². The van der Waals surface area contributed by atoms with Crippen molar-refractivity contribution in [1.29, 1.82) is 0 Å². The lowest BCUT2D eigenvalue weighted by molar-refractivity contribution is -0.274. The zero-order chi connectivity index (χ0) is 24.4. The highest BCUT2D eigenvalue weighted by atomic mass is 19.4. The van der Waals surface area contributed by atoms with Gasteiger partial charge in [-0.2, -0.15) is 0 Å². The molecule has 2 aromatic carbocycles. The Balaban J connectivity index is 1.98. The van der Waals surface area contributed by atoms with E-state index >= 15 is 0 Å². The average molecular weight is 462 g/mol. The van der Waals surface area contributed by atoms with Crippen LogP contribution in [0.15, 0.2) is 47.3 Å². The predicted molar refractivity (Wildman–Crippen MR) is 120 cm³/mol. The smallest absolute Gasteiger partial charge is 0.406 e. The Hall–Kier alpha value is -3.56. The van der Waals surface area contributed by atoms with E-state index in [1.807, 2.05) is 20.8 Å². The summed E-state index contributed by atoms with van der Waals surface area (Å²) in [6.45, 7) is 7.38. The molecule has 0 spiro atoms. The summed E-state index contributed by atoms with van der Waals surface area (Å²) in [5, 5.41) is 5.54. The van der Waals surface area contributed by atoms with Crippen molar-refractivity contribution in [2.75, 3.05) is 5.32 Å². The summed E-state index contributed by atoms with van der Waals surface area (Å²) in [5.41, 5.74) is 1.47. The van der Waals surface area contributed by atoms with Gasteiger partial charge in [0.25, 0.3) is 5.56 Å². The minimum absolute atomic E-state index is 0.0250. The highest BCUT2D eigenvalue weighted by Gasteiger charge is 2.31. The lowest BCUT2D eigenvalue weighted by atomic mass is 10.1. The second kappa shape index (κ2) is 9.13. The Morgan fingerprint density at radius 2 is 1.85 bits per heavy atom. The molecule has 0 saturated carbocycles. The second-order valence-corrected chi connectivity index (χ2v) is 8.53. The molecule has 0 radical (unpaired) electrons. The zero-order valence-corrected chi connectivity index (χ0v) is 18.7. The largest absolute Gasteiger partial charge is 0.573 e. The van der Waals surface area contributed by atoms with Crippen LogP contribution in [0.4, 0.5) is 23.7 Å². The average Bonchev–Trinajstić information content (AvgIpc) is 2.67. The molecule has 0 bridgehead atoms. The molecule has 0 saturated heterocycles. The number of anilines is 1. The topological polar surface area (TPSA) is 85.2 Å². The van der Waals surface area contributed by atoms with Gasteiger partial charge in [-0.25, -0.2) is 9.78 Å². The molecule has 2 amide bonds. The quantitative estimate of drug-likeness (QED) is 0.569. The summed E-state index contributed by atoms with van der Waals surface area (Å²) >= 11 is 0. The van der Waals surface area contributed by atoms with E-state index in [0.29, 0.717) is 34.4 Å². The van der Waals surface area contributed by atoms with E-state index in [9.17, 15) is 22.8 Å². The number of carbonyl (C=O) groups is 1. The molecule has 10 heteroatoms. The van der Waals surface area contributed by atoms with Crippen LogP contribution in [0, 0.1) is 0 Å². The van der Waals surface area contributed by atoms with E-state index in [1.54, 1.807) is 31.2 Å². The summed E-state index contributed by atoms with van der Waals surface area (Å²) in [6, 6.07) is 10.0. The summed E-state index contributed by atoms with van der Waals surface area (Å²) < 4.78 is 43.1. The Labute approximate surface area is 188 Å². The van der Waals surface area contributed by atoms with Gasteiger partial charge in [-0.1, -0.05) is 19.1 Å². The van der Waals surface area contributed by atoms with Crippen LogP contribution in [0.2, 0.25) is 0 Å². The number of aromatic nitrogens is 2. The molecule has 7 nitrogen and oxygen atoms in total. The molecule has 33 heavy (non-hydrogen) atoms. The van der Waals surface area contributed by atoms with Gasteiger partial charge in [0.05, 0.1) is 17.6 Å². The third kappa shape index (κ3) is 6.47. The van der Waals surface area contributed by atoms with Crippen molar-refractivity contribution in [3.8, 4) is 5.75 Å². The number of urea groups is 1. The van der Waals surface area contributed by atoms with Crippen molar-refractivity contribution < 1.29 is 22.7 Å². The molecular weight excluding hydrogens is 437 g/mol. The first-order valence-corrected chi connectivity index (χ1v) is 10.3. The SMILES string of the molecule is CCc1nc2cc(NC(=O)NC(C)(C)C)ccc2n(Cc2cccc(OC(F)(F)F)c2)c1=O. The van der Waals surface area contributed by atoms with Gasteiger partial charge in [-0.05, 0) is 63.1 Å². The van der Waals surface area contributed by atoms with E-state index in [2.05, 4.69) is 20.4 Å². The maximum Gasteiger partial charge on any atom is 0.573 e. The molecule has 1 heterocycles. The fourth-order valence-electron chi connectivity index (χ4n) is 3.29. The maximum atomic E-state index is 13.0. The number of nitrogens with zero attached hydrogens (tertiary/aromatic N) is 2. The van der Waals surface area contributed by atoms with Gasteiger partial charge in [0.2, 0.25) is 0 Å². The molecule has 0 unspecified atom stereocenters. The number of fused-ring (bicyclic) bond motifs is 1. The van der Waals surface area contributed by atoms with Gasteiger partial charge in [0.15, 0.2) is 0 Å². The summed E-state index contributed by atoms with van der Waals surface area (Å²) in [6.07, 6.45) is -4.44. The minimum Gasteiger partial charge on any atom is -0.406 e. The Kier molecular flexibility index (Phi) is 6.66. The van der Waals surface area contributed by atoms with Crippen LogP contribution < -0.4 is 20.9 Å². The van der Waals surface area contributed by atoms with Crippen molar-refractivity contribution in [2.45, 2.75) is 52.6 Å². The van der Waals surface area contributed by atoms with Gasteiger partial charge in [0.1, 0.15) is 11.4 Å². The number of amides is 2. The van der Waals surface area contributed by atoms with Crippen molar-refractivity contribution >= 4 is 22.8 Å². The van der Waals surface area contributed by atoms with Crippen LogP contribution in [0.25, 0.3) is 11.0 Å². The van der Waals surface area contributed by atoms with Crippen LogP contribution >= 0.6 is 0 Å². The Morgan fingerprint density at radius 3 is 2.48 bits per heavy atom. The number of rotatable bonds is 5. The van der Waals surface area contributed by atoms with E-state index in [1.165, 1.54) is 22.8 Å². The van der Waals surface area contributed by atoms with Crippen LogP contribution in [0.3, 0.4) is 0 Å². The Morgan fingerprint density at radius 1 is 1.12 bits per heavy atom. The maximum absolute atomic E-state index is 13.0. The standard InChI is InChI=1S/C23H25F3N4O3/c1-5-17-20(31)30(13-14-7-6-8-16(11-14)33-23(24,25)26)19-10-9-15(12-18(19)28-17)27-21(32)29-22(2,3)4/h6-12H,5,13H2,1-4H3,(H2,27,29,32). The number of benzene rings is 2. The molecule has 0 fully saturated rings. The van der Waals surface area contributed by atoms with Crippen LogP contribution in [-0.4, -0.2) is 27.5 Å². The van der Waals surface area contributed by atoms with Gasteiger partial charge in [-0.3, -0.25) is 4.79 Å². The van der Waals surface area contributed by atoms with Gasteiger partial charge >= 0.3 is 12.4 Å². The molecule has 3 aromatic rings.